The van der Waals surface area contributed by atoms with Crippen LogP contribution in [0.3, 0.4) is 0 Å². The molecule has 1 rings (SSSR count). The molecule has 1 saturated heterocycles. The van der Waals surface area contributed by atoms with E-state index in [0.717, 1.165) is 32.3 Å². The molecule has 4 heteroatoms. The number of ether oxygens (including phenoxy) is 1. The molecule has 0 radical (unpaired) electrons. The van der Waals surface area contributed by atoms with Crippen LogP contribution in [0.1, 0.15) is 52.4 Å². The van der Waals surface area contributed by atoms with Crippen molar-refractivity contribution in [1.29, 1.82) is 0 Å². The van der Waals surface area contributed by atoms with Crippen molar-refractivity contribution >= 4 is 5.91 Å². The average molecular weight is 257 g/mol. The summed E-state index contributed by atoms with van der Waals surface area (Å²) in [5.41, 5.74) is 0. The Hall–Kier alpha value is -0.610. The van der Waals surface area contributed by atoms with Crippen LogP contribution in [0.15, 0.2) is 0 Å². The van der Waals surface area contributed by atoms with Crippen molar-refractivity contribution < 1.29 is 14.6 Å². The van der Waals surface area contributed by atoms with Crippen LogP contribution in [0.25, 0.3) is 0 Å². The number of aliphatic hydroxyl groups excluding tert-OH is 1. The number of nitrogens with one attached hydrogen (secondary N) is 1. The normalized spacial score (nSPS) is 21.9. The highest BCUT2D eigenvalue weighted by atomic mass is 16.5. The molecular weight excluding hydrogens is 230 g/mol. The lowest BCUT2D eigenvalue weighted by Crippen LogP contribution is -2.38. The smallest absolute Gasteiger partial charge is 0.220 e. The van der Waals surface area contributed by atoms with E-state index in [9.17, 15) is 9.90 Å². The van der Waals surface area contributed by atoms with Crippen LogP contribution in [-0.4, -0.2) is 36.4 Å². The second-order valence-corrected chi connectivity index (χ2v) is 5.60. The number of hydrogen-bond donors (Lipinski definition) is 2. The van der Waals surface area contributed by atoms with E-state index < -0.39 is 0 Å². The molecule has 2 N–H and O–H groups in total. The van der Waals surface area contributed by atoms with Gasteiger partial charge in [0.1, 0.15) is 0 Å². The van der Waals surface area contributed by atoms with E-state index in [1.54, 1.807) is 0 Å². The molecule has 1 heterocycles. The summed E-state index contributed by atoms with van der Waals surface area (Å²) in [5.74, 6) is 0.507. The molecule has 4 nitrogen and oxygen atoms in total. The van der Waals surface area contributed by atoms with Crippen molar-refractivity contribution in [3.63, 3.8) is 0 Å². The lowest BCUT2D eigenvalue weighted by atomic mass is 10.0. The third-order valence-corrected chi connectivity index (χ3v) is 3.31. The maximum atomic E-state index is 11.8. The van der Waals surface area contributed by atoms with Gasteiger partial charge in [-0.15, -0.1) is 0 Å². The van der Waals surface area contributed by atoms with Crippen molar-refractivity contribution in [1.82, 2.24) is 5.32 Å². The molecule has 0 aromatic heterocycles. The van der Waals surface area contributed by atoms with Crippen molar-refractivity contribution in [3.05, 3.63) is 0 Å². The van der Waals surface area contributed by atoms with Gasteiger partial charge < -0.3 is 15.2 Å². The number of carbonyl (C=O) groups is 1. The Morgan fingerprint density at radius 3 is 2.78 bits per heavy atom. The van der Waals surface area contributed by atoms with Gasteiger partial charge in [0.25, 0.3) is 0 Å². The van der Waals surface area contributed by atoms with Gasteiger partial charge >= 0.3 is 0 Å². The zero-order valence-electron chi connectivity index (χ0n) is 11.7. The highest BCUT2D eigenvalue weighted by molar-refractivity contribution is 5.76. The lowest BCUT2D eigenvalue weighted by Gasteiger charge is -2.23. The number of hydrogen-bond acceptors (Lipinski definition) is 3. The number of aliphatic hydroxyl groups is 1. The molecule has 2 unspecified atom stereocenters. The first-order chi connectivity index (χ1) is 8.61. The Kier molecular flexibility index (Phi) is 7.28. The van der Waals surface area contributed by atoms with Crippen LogP contribution in [0.2, 0.25) is 0 Å². The largest absolute Gasteiger partial charge is 0.394 e. The minimum absolute atomic E-state index is 0.0177. The van der Waals surface area contributed by atoms with Gasteiger partial charge in [0, 0.05) is 13.0 Å². The van der Waals surface area contributed by atoms with Crippen molar-refractivity contribution in [2.24, 2.45) is 5.92 Å². The van der Waals surface area contributed by atoms with Crippen molar-refractivity contribution in [3.8, 4) is 0 Å². The van der Waals surface area contributed by atoms with Crippen LogP contribution in [0, 0.1) is 5.92 Å². The summed E-state index contributed by atoms with van der Waals surface area (Å²) in [7, 11) is 0. The highest BCUT2D eigenvalue weighted by Crippen LogP contribution is 2.17. The molecule has 1 fully saturated rings. The first kappa shape index (κ1) is 15.4. The van der Waals surface area contributed by atoms with Gasteiger partial charge in [0.05, 0.1) is 18.8 Å². The molecule has 0 bridgehead atoms. The third-order valence-electron chi connectivity index (χ3n) is 3.31. The molecule has 0 aliphatic carbocycles. The molecule has 18 heavy (non-hydrogen) atoms. The molecule has 0 aromatic rings. The molecule has 0 aromatic carbocycles. The molecule has 2 atom stereocenters. The van der Waals surface area contributed by atoms with E-state index in [1.165, 1.54) is 6.42 Å². The van der Waals surface area contributed by atoms with Gasteiger partial charge in [-0.1, -0.05) is 13.8 Å². The summed E-state index contributed by atoms with van der Waals surface area (Å²) in [6.07, 6.45) is 5.79. The van der Waals surface area contributed by atoms with Gasteiger partial charge in [-0.2, -0.15) is 0 Å². The molecular formula is C14H27NO3. The van der Waals surface area contributed by atoms with E-state index in [0.29, 0.717) is 12.3 Å². The summed E-state index contributed by atoms with van der Waals surface area (Å²) in [6, 6.07) is -0.107. The van der Waals surface area contributed by atoms with Gasteiger partial charge in [0.15, 0.2) is 0 Å². The quantitative estimate of drug-likeness (QED) is 0.732. The Bertz CT molecular complexity index is 237. The van der Waals surface area contributed by atoms with E-state index in [2.05, 4.69) is 19.2 Å². The van der Waals surface area contributed by atoms with Gasteiger partial charge in [0.2, 0.25) is 5.91 Å². The number of rotatable bonds is 7. The fourth-order valence-electron chi connectivity index (χ4n) is 2.38. The van der Waals surface area contributed by atoms with E-state index in [4.69, 9.17) is 4.74 Å². The fraction of sp³-hybridized carbons (Fsp3) is 0.929. The van der Waals surface area contributed by atoms with Crippen LogP contribution in [-0.2, 0) is 9.53 Å². The Morgan fingerprint density at radius 2 is 2.22 bits per heavy atom. The maximum Gasteiger partial charge on any atom is 0.220 e. The van der Waals surface area contributed by atoms with E-state index in [-0.39, 0.29) is 24.7 Å². The second-order valence-electron chi connectivity index (χ2n) is 5.60. The van der Waals surface area contributed by atoms with Crippen LogP contribution in [0.4, 0.5) is 0 Å². The zero-order chi connectivity index (χ0) is 13.4. The minimum atomic E-state index is -0.107. The van der Waals surface area contributed by atoms with Crippen LogP contribution >= 0.6 is 0 Å². The topological polar surface area (TPSA) is 58.6 Å². The van der Waals surface area contributed by atoms with Gasteiger partial charge in [-0.25, -0.2) is 0 Å². The second kappa shape index (κ2) is 8.48. The SMILES string of the molecule is CC(C)CC(CO)NC(=O)CCC1CCCCO1. The Balaban J connectivity index is 2.18. The predicted molar refractivity (Wildman–Crippen MR) is 71.3 cm³/mol. The zero-order valence-corrected chi connectivity index (χ0v) is 11.7. The minimum Gasteiger partial charge on any atom is -0.394 e. The third kappa shape index (κ3) is 6.36. The fourth-order valence-corrected chi connectivity index (χ4v) is 2.38. The first-order valence-corrected chi connectivity index (χ1v) is 7.13. The molecule has 0 spiro atoms. The maximum absolute atomic E-state index is 11.8. The molecule has 1 aliphatic rings. The lowest BCUT2D eigenvalue weighted by molar-refractivity contribution is -0.123. The molecule has 106 valence electrons. The Labute approximate surface area is 110 Å². The van der Waals surface area contributed by atoms with Crippen LogP contribution in [0.5, 0.6) is 0 Å². The predicted octanol–water partition coefficient (Wildman–Crippen LogP) is 1.86. The summed E-state index contributed by atoms with van der Waals surface area (Å²) in [4.78, 5) is 11.8. The number of amides is 1. The van der Waals surface area contributed by atoms with Gasteiger partial charge in [-0.05, 0) is 38.0 Å². The monoisotopic (exact) mass is 257 g/mol. The van der Waals surface area contributed by atoms with Crippen LogP contribution < -0.4 is 5.32 Å². The molecule has 1 aliphatic heterocycles. The first-order valence-electron chi connectivity index (χ1n) is 7.13. The van der Waals surface area contributed by atoms with Crippen molar-refractivity contribution in [2.45, 2.75) is 64.5 Å². The standard InChI is InChI=1S/C14H27NO3/c1-11(2)9-12(10-16)15-14(17)7-6-13-5-3-4-8-18-13/h11-13,16H,3-10H2,1-2H3,(H,15,17). The molecule has 0 saturated carbocycles. The van der Waals surface area contributed by atoms with E-state index in [1.807, 2.05) is 0 Å². The summed E-state index contributed by atoms with van der Waals surface area (Å²) < 4.78 is 5.59. The van der Waals surface area contributed by atoms with E-state index >= 15 is 0 Å². The summed E-state index contributed by atoms with van der Waals surface area (Å²) in [5, 5.41) is 12.1. The van der Waals surface area contributed by atoms with Gasteiger partial charge in [-0.3, -0.25) is 4.79 Å². The molecule has 1 amide bonds. The van der Waals surface area contributed by atoms with Crippen molar-refractivity contribution in [2.75, 3.05) is 13.2 Å². The summed E-state index contributed by atoms with van der Waals surface area (Å²) >= 11 is 0. The average Bonchev–Trinajstić information content (AvgIpc) is 2.36. The highest BCUT2D eigenvalue weighted by Gasteiger charge is 2.17. The summed E-state index contributed by atoms with van der Waals surface area (Å²) in [6.45, 7) is 5.03. The number of carbonyl (C=O) groups excluding carboxylic acids is 1. The Morgan fingerprint density at radius 1 is 1.44 bits per heavy atom.